The number of anilines is 6. The van der Waals surface area contributed by atoms with E-state index >= 15 is 0 Å². The quantitative estimate of drug-likeness (QED) is 0.0161. The molecule has 0 spiro atoms. The van der Waals surface area contributed by atoms with Crippen LogP contribution in [0.25, 0.3) is 10.8 Å². The summed E-state index contributed by atoms with van der Waals surface area (Å²) in [4.78, 5) is 11.2. The molecule has 36 nitrogen and oxygen atoms in total. The van der Waals surface area contributed by atoms with E-state index in [0.717, 1.165) is 30.3 Å². The highest BCUT2D eigenvalue weighted by atomic mass is 32.3. The normalized spacial score (nSPS) is 13.1. The van der Waals surface area contributed by atoms with Crippen molar-refractivity contribution in [2.75, 3.05) is 68.6 Å². The first-order chi connectivity index (χ1) is 39.0. The average Bonchev–Trinajstić information content (AvgIpc) is 1.12. The van der Waals surface area contributed by atoms with Gasteiger partial charge in [0.25, 0.3) is 0 Å². The largest absolute Gasteiger partial charge is 0.397 e. The Bertz CT molecular complexity index is 4280. The van der Waals surface area contributed by atoms with Crippen LogP contribution in [-0.4, -0.2) is 153 Å². The molecule has 0 atom stereocenters. The zero-order valence-electron chi connectivity index (χ0n) is 42.4. The van der Waals surface area contributed by atoms with Crippen molar-refractivity contribution >= 4 is 139 Å². The van der Waals surface area contributed by atoms with Crippen LogP contribution < -0.4 is 34.8 Å². The van der Waals surface area contributed by atoms with Gasteiger partial charge in [-0.3, -0.25) is 18.2 Å². The first kappa shape index (κ1) is 66.6. The van der Waals surface area contributed by atoms with Crippen LogP contribution in [0.3, 0.4) is 0 Å². The summed E-state index contributed by atoms with van der Waals surface area (Å²) < 4.78 is 255. The smallest absolute Gasteiger partial charge is 0.324 e. The van der Waals surface area contributed by atoms with E-state index < -0.39 is 144 Å². The van der Waals surface area contributed by atoms with Crippen molar-refractivity contribution in [1.82, 2.24) is 33.8 Å². The Morgan fingerprint density at radius 2 is 0.786 bits per heavy atom. The van der Waals surface area contributed by atoms with Crippen LogP contribution in [0.4, 0.5) is 46.3 Å². The Labute approximate surface area is 479 Å². The van der Waals surface area contributed by atoms with Gasteiger partial charge in [-0.25, -0.2) is 69.3 Å². The van der Waals surface area contributed by atoms with Gasteiger partial charge < -0.3 is 16.0 Å². The van der Waals surface area contributed by atoms with Crippen molar-refractivity contribution in [3.8, 4) is 0 Å². The van der Waals surface area contributed by atoms with Crippen LogP contribution >= 0.6 is 0 Å². The monoisotopic (exact) mass is 1330 g/mol. The maximum Gasteiger partial charge on any atom is 0.397 e. The van der Waals surface area contributed by atoms with Gasteiger partial charge in [-0.15, -0.1) is 0 Å². The lowest BCUT2D eigenvalue weighted by molar-refractivity contribution is 0.271. The standard InChI is InChI=1S/C40H46N12O24S8/c1-26-21-29(11-12-35(26)52-51-30-24-34-33(37(25-30)80(59,60)44-16-20-76-84(70,71)72)9-4-10-36(34)79(57,58)43-15-19-75-83(67,68)69)47-40-49-38(45-27-5-2-7-31(22-27)77(53,54)41-13-17-73-81(61,62)63)48-39(50-40)46-28-6-3-8-32(23-28)78(55,56)42-14-18-74-82(64,65)66/h2-12,21-25,41-44H,13-20H2,1H3,(H,61,62,63)(H,64,65,66)(H,67,68,69)(H,70,71,72)(H3,45,46,47,48,49,50)/b52-51+. The van der Waals surface area contributed by atoms with E-state index in [1.807, 2.05) is 0 Å². The summed E-state index contributed by atoms with van der Waals surface area (Å²) in [5, 5.41) is 16.5. The van der Waals surface area contributed by atoms with Gasteiger partial charge in [0.15, 0.2) is 0 Å². The van der Waals surface area contributed by atoms with Crippen LogP contribution in [0.5, 0.6) is 0 Å². The number of nitrogens with zero attached hydrogens (tertiary/aromatic N) is 5. The molecule has 0 unspecified atom stereocenters. The second kappa shape index (κ2) is 27.2. The number of hydrogen-bond acceptors (Lipinski definition) is 28. The summed E-state index contributed by atoms with van der Waals surface area (Å²) in [5.74, 6) is -0.741. The second-order valence-electron chi connectivity index (χ2n) is 16.3. The Morgan fingerprint density at radius 1 is 0.405 bits per heavy atom. The van der Waals surface area contributed by atoms with E-state index in [2.05, 4.69) is 76.8 Å². The number of nitrogens with one attached hydrogen (secondary N) is 7. The molecule has 6 rings (SSSR count). The van der Waals surface area contributed by atoms with E-state index in [0.29, 0.717) is 5.56 Å². The number of fused-ring (bicyclic) bond motifs is 1. The van der Waals surface area contributed by atoms with Gasteiger partial charge in [-0.2, -0.15) is 58.9 Å². The van der Waals surface area contributed by atoms with Crippen molar-refractivity contribution in [2.24, 2.45) is 10.2 Å². The lowest BCUT2D eigenvalue weighted by Gasteiger charge is -2.14. The molecule has 0 fully saturated rings. The fourth-order valence-electron chi connectivity index (χ4n) is 6.81. The SMILES string of the molecule is Cc1cc(Nc2nc(Nc3cccc(S(=O)(=O)NCCOS(=O)(=O)O)c3)nc(Nc3cccc(S(=O)(=O)NCCOS(=O)(=O)O)c3)n2)ccc1/N=N/c1cc(S(=O)(=O)NCCOS(=O)(=O)O)c2cccc(S(=O)(=O)NCCOS(=O)(=O)O)c2c1. The van der Waals surface area contributed by atoms with Crippen molar-refractivity contribution in [3.63, 3.8) is 0 Å². The van der Waals surface area contributed by atoms with Gasteiger partial charge in [0.1, 0.15) is 0 Å². The van der Waals surface area contributed by atoms with Gasteiger partial charge in [0.2, 0.25) is 57.9 Å². The fraction of sp³-hybridized carbons (Fsp3) is 0.225. The number of aromatic nitrogens is 3. The molecule has 0 aliphatic rings. The molecule has 0 saturated carbocycles. The van der Waals surface area contributed by atoms with Gasteiger partial charge in [-0.1, -0.05) is 24.3 Å². The minimum absolute atomic E-state index is 0.0638. The van der Waals surface area contributed by atoms with E-state index in [9.17, 15) is 67.3 Å². The molecule has 5 aromatic carbocycles. The van der Waals surface area contributed by atoms with Crippen LogP contribution in [0.1, 0.15) is 5.56 Å². The first-order valence-corrected chi connectivity index (χ1v) is 34.2. The highest BCUT2D eigenvalue weighted by Gasteiger charge is 2.25. The van der Waals surface area contributed by atoms with Crippen LogP contribution in [0, 0.1) is 6.92 Å². The highest BCUT2D eigenvalue weighted by Crippen LogP contribution is 2.35. The van der Waals surface area contributed by atoms with Gasteiger partial charge in [-0.05, 0) is 85.3 Å². The van der Waals surface area contributed by atoms with E-state index in [1.54, 1.807) is 6.92 Å². The molecule has 1 heterocycles. The van der Waals surface area contributed by atoms with Crippen molar-refractivity contribution < 1.29 is 102 Å². The summed E-state index contributed by atoms with van der Waals surface area (Å²) in [6.07, 6.45) is 0. The molecule has 84 heavy (non-hydrogen) atoms. The van der Waals surface area contributed by atoms with Crippen LogP contribution in [0.15, 0.2) is 127 Å². The fourth-order valence-corrected chi connectivity index (χ4v) is 12.6. The zero-order valence-corrected chi connectivity index (χ0v) is 48.9. The Morgan fingerprint density at radius 3 is 1.19 bits per heavy atom. The molecule has 458 valence electrons. The minimum atomic E-state index is -4.97. The number of hydrogen-bond donors (Lipinski definition) is 11. The molecule has 0 aliphatic carbocycles. The molecular formula is C40H46N12O24S8. The van der Waals surface area contributed by atoms with Crippen LogP contribution in [-0.2, 0) is 98.4 Å². The Balaban J connectivity index is 1.33. The number of aryl methyl sites for hydroxylation is 1. The number of sulfonamides is 4. The van der Waals surface area contributed by atoms with E-state index in [-0.39, 0.29) is 66.8 Å². The summed E-state index contributed by atoms with van der Waals surface area (Å²) in [6, 6.07) is 20.2. The molecule has 1 aromatic heterocycles. The van der Waals surface area contributed by atoms with Gasteiger partial charge in [0.05, 0.1) is 57.4 Å². The number of rotatable bonds is 32. The highest BCUT2D eigenvalue weighted by molar-refractivity contribution is 7.90. The third-order valence-corrected chi connectivity index (χ3v) is 17.9. The molecule has 11 N–H and O–H groups in total. The van der Waals surface area contributed by atoms with Gasteiger partial charge in [0, 0.05) is 54.0 Å². The molecule has 6 aromatic rings. The summed E-state index contributed by atoms with van der Waals surface area (Å²) >= 11 is 0. The topological polar surface area (TPSA) is 539 Å². The van der Waals surface area contributed by atoms with Gasteiger partial charge >= 0.3 is 41.6 Å². The number of azo groups is 1. The molecule has 0 amide bonds. The molecule has 0 aliphatic heterocycles. The Kier molecular flexibility index (Phi) is 21.6. The van der Waals surface area contributed by atoms with E-state index in [4.69, 9.17) is 18.2 Å². The minimum Gasteiger partial charge on any atom is -0.324 e. The summed E-state index contributed by atoms with van der Waals surface area (Å²) in [5.41, 5.74) is 0.628. The predicted molar refractivity (Wildman–Crippen MR) is 293 cm³/mol. The lowest BCUT2D eigenvalue weighted by Crippen LogP contribution is -2.29. The molecule has 0 saturated heterocycles. The van der Waals surface area contributed by atoms with Crippen molar-refractivity contribution in [3.05, 3.63) is 103 Å². The molecule has 0 radical (unpaired) electrons. The Hall–Kier alpha value is -6.51. The maximum absolute atomic E-state index is 13.7. The third-order valence-electron chi connectivity index (χ3n) is 10.1. The van der Waals surface area contributed by atoms with Crippen molar-refractivity contribution in [1.29, 1.82) is 0 Å². The van der Waals surface area contributed by atoms with Crippen molar-refractivity contribution in [2.45, 2.75) is 26.5 Å². The first-order valence-electron chi connectivity index (χ1n) is 22.8. The molecular weight excluding hydrogens is 1290 g/mol. The molecule has 44 heteroatoms. The molecule has 0 bridgehead atoms. The predicted octanol–water partition coefficient (Wildman–Crippen LogP) is 1.37. The van der Waals surface area contributed by atoms with E-state index in [1.165, 1.54) is 66.7 Å². The third kappa shape index (κ3) is 20.9. The second-order valence-corrected chi connectivity index (χ2v) is 27.7. The lowest BCUT2D eigenvalue weighted by atomic mass is 10.1. The average molecular weight is 1340 g/mol. The van der Waals surface area contributed by atoms with Crippen LogP contribution in [0.2, 0.25) is 0 Å². The maximum atomic E-state index is 13.7. The summed E-state index contributed by atoms with van der Waals surface area (Å²) in [7, 11) is -37.6. The zero-order chi connectivity index (χ0) is 61.9. The summed E-state index contributed by atoms with van der Waals surface area (Å²) in [6.45, 7) is -4.18. The number of benzene rings is 5.